The van der Waals surface area contributed by atoms with E-state index in [4.69, 9.17) is 11.6 Å². The normalized spacial score (nSPS) is 16.5. The molecule has 1 aliphatic rings. The van der Waals surface area contributed by atoms with Crippen molar-refractivity contribution >= 4 is 28.7 Å². The Morgan fingerprint density at radius 3 is 2.52 bits per heavy atom. The van der Waals surface area contributed by atoms with E-state index in [1.165, 1.54) is 4.57 Å². The van der Waals surface area contributed by atoms with Crippen LogP contribution in [-0.2, 0) is 24.9 Å². The molecule has 1 unspecified atom stereocenters. The van der Waals surface area contributed by atoms with Gasteiger partial charge in [0.2, 0.25) is 5.91 Å². The minimum atomic E-state index is -0.391. The van der Waals surface area contributed by atoms with Crippen LogP contribution >= 0.6 is 11.6 Å². The Bertz CT molecular complexity index is 1210. The molecule has 0 saturated carbocycles. The molecule has 1 aliphatic heterocycles. The number of nitrogens with zero attached hydrogens (tertiary/aromatic N) is 4. The van der Waals surface area contributed by atoms with Crippen molar-refractivity contribution < 1.29 is 4.79 Å². The number of hydrogen-bond donors (Lipinski definition) is 1. The molecule has 4 rings (SSSR count). The van der Waals surface area contributed by atoms with Crippen LogP contribution in [0.25, 0.3) is 11.2 Å². The van der Waals surface area contributed by atoms with Gasteiger partial charge in [-0.3, -0.25) is 18.7 Å². The molecule has 0 aliphatic carbocycles. The van der Waals surface area contributed by atoms with E-state index in [2.05, 4.69) is 10.3 Å². The van der Waals surface area contributed by atoms with Gasteiger partial charge in [-0.05, 0) is 30.5 Å². The van der Waals surface area contributed by atoms with Gasteiger partial charge in [0.05, 0.1) is 12.6 Å². The second-order valence-electron chi connectivity index (χ2n) is 7.31. The molecule has 2 aromatic heterocycles. The van der Waals surface area contributed by atoms with E-state index in [0.717, 1.165) is 12.0 Å². The van der Waals surface area contributed by atoms with Crippen molar-refractivity contribution in [3.05, 3.63) is 61.5 Å². The van der Waals surface area contributed by atoms with Gasteiger partial charge in [0.1, 0.15) is 5.82 Å². The van der Waals surface area contributed by atoms with E-state index in [1.54, 1.807) is 40.4 Å². The van der Waals surface area contributed by atoms with Gasteiger partial charge in [0.25, 0.3) is 5.56 Å². The smallest absolute Gasteiger partial charge is 0.333 e. The summed E-state index contributed by atoms with van der Waals surface area (Å²) in [7, 11) is 1.75. The lowest BCUT2D eigenvalue weighted by molar-refractivity contribution is -0.119. The number of carbonyl (C=O) groups excluding carboxylic acids is 1. The quantitative estimate of drug-likeness (QED) is 0.689. The van der Waals surface area contributed by atoms with Crippen molar-refractivity contribution in [2.24, 2.45) is 7.05 Å². The maximum absolute atomic E-state index is 13.3. The number of benzene rings is 1. The summed E-state index contributed by atoms with van der Waals surface area (Å²) in [6.45, 7) is 2.56. The summed E-state index contributed by atoms with van der Waals surface area (Å²) in [6.07, 6.45) is 1.77. The maximum Gasteiger partial charge on any atom is 0.333 e. The predicted molar refractivity (Wildman–Crippen MR) is 110 cm³/mol. The Balaban J connectivity index is 1.91. The molecular formula is C20H22ClN5O3. The first-order valence-corrected chi connectivity index (χ1v) is 10.0. The highest BCUT2D eigenvalue weighted by Crippen LogP contribution is 2.24. The second kappa shape index (κ2) is 7.51. The molecule has 1 amide bonds. The number of aromatic nitrogens is 4. The topological polar surface area (TPSA) is 90.9 Å². The fourth-order valence-corrected chi connectivity index (χ4v) is 3.96. The fraction of sp³-hybridized carbons (Fsp3) is 0.400. The van der Waals surface area contributed by atoms with Gasteiger partial charge in [-0.1, -0.05) is 30.7 Å². The van der Waals surface area contributed by atoms with Crippen LogP contribution in [0.4, 0.5) is 0 Å². The summed E-state index contributed by atoms with van der Waals surface area (Å²) in [6, 6.07) is 6.80. The van der Waals surface area contributed by atoms with E-state index in [0.29, 0.717) is 41.4 Å². The van der Waals surface area contributed by atoms with Gasteiger partial charge in [-0.25, -0.2) is 9.78 Å². The van der Waals surface area contributed by atoms with Crippen LogP contribution in [0.3, 0.4) is 0 Å². The SMILES string of the molecule is CCCn1c(=O)n(Cc2ccc(Cl)cc2)c(=O)c2c1nc(C1CCC(=O)N1)n2C. The van der Waals surface area contributed by atoms with Crippen molar-refractivity contribution in [1.82, 2.24) is 24.0 Å². The molecule has 1 aromatic carbocycles. The van der Waals surface area contributed by atoms with E-state index in [9.17, 15) is 14.4 Å². The number of hydrogen-bond acceptors (Lipinski definition) is 4. The monoisotopic (exact) mass is 415 g/mol. The van der Waals surface area contributed by atoms with Crippen molar-refractivity contribution in [2.75, 3.05) is 0 Å². The van der Waals surface area contributed by atoms with Crippen molar-refractivity contribution in [2.45, 2.75) is 45.3 Å². The Morgan fingerprint density at radius 2 is 1.90 bits per heavy atom. The molecular weight excluding hydrogens is 394 g/mol. The molecule has 1 atom stereocenters. The van der Waals surface area contributed by atoms with E-state index in [-0.39, 0.29) is 24.2 Å². The molecule has 1 saturated heterocycles. The Morgan fingerprint density at radius 1 is 1.17 bits per heavy atom. The van der Waals surface area contributed by atoms with Gasteiger partial charge >= 0.3 is 5.69 Å². The molecule has 0 radical (unpaired) electrons. The summed E-state index contributed by atoms with van der Waals surface area (Å²) >= 11 is 5.94. The van der Waals surface area contributed by atoms with Crippen molar-refractivity contribution in [3.63, 3.8) is 0 Å². The van der Waals surface area contributed by atoms with Crippen LogP contribution in [0.2, 0.25) is 5.02 Å². The molecule has 8 nitrogen and oxygen atoms in total. The first-order chi connectivity index (χ1) is 13.9. The molecule has 29 heavy (non-hydrogen) atoms. The average molecular weight is 416 g/mol. The minimum Gasteiger partial charge on any atom is -0.346 e. The molecule has 3 heterocycles. The fourth-order valence-electron chi connectivity index (χ4n) is 3.84. The van der Waals surface area contributed by atoms with Crippen LogP contribution < -0.4 is 16.6 Å². The van der Waals surface area contributed by atoms with Crippen molar-refractivity contribution in [3.8, 4) is 0 Å². The lowest BCUT2D eigenvalue weighted by Gasteiger charge is -2.11. The number of aryl methyl sites for hydroxylation is 2. The highest BCUT2D eigenvalue weighted by molar-refractivity contribution is 6.30. The van der Waals surface area contributed by atoms with Gasteiger partial charge in [0, 0.05) is 25.0 Å². The van der Waals surface area contributed by atoms with Crippen molar-refractivity contribution in [1.29, 1.82) is 0 Å². The molecule has 1 fully saturated rings. The van der Waals surface area contributed by atoms with Gasteiger partial charge in [-0.2, -0.15) is 0 Å². The van der Waals surface area contributed by atoms with E-state index in [1.807, 2.05) is 6.92 Å². The summed E-state index contributed by atoms with van der Waals surface area (Å²) in [5, 5.41) is 3.48. The molecule has 9 heteroatoms. The highest BCUT2D eigenvalue weighted by atomic mass is 35.5. The summed E-state index contributed by atoms with van der Waals surface area (Å²) < 4.78 is 4.49. The van der Waals surface area contributed by atoms with Crippen LogP contribution in [0.15, 0.2) is 33.9 Å². The zero-order valence-corrected chi connectivity index (χ0v) is 17.1. The number of rotatable bonds is 5. The lowest BCUT2D eigenvalue weighted by atomic mass is 10.2. The average Bonchev–Trinajstić information content (AvgIpc) is 3.27. The van der Waals surface area contributed by atoms with Crippen LogP contribution in [0.1, 0.15) is 43.6 Å². The number of carbonyl (C=O) groups is 1. The predicted octanol–water partition coefficient (Wildman–Crippen LogP) is 1.96. The third kappa shape index (κ3) is 3.37. The number of fused-ring (bicyclic) bond motifs is 1. The molecule has 152 valence electrons. The largest absolute Gasteiger partial charge is 0.346 e. The van der Waals surface area contributed by atoms with Crippen LogP contribution in [0, 0.1) is 0 Å². The van der Waals surface area contributed by atoms with Crippen LogP contribution in [0.5, 0.6) is 0 Å². The van der Waals surface area contributed by atoms with E-state index < -0.39 is 5.56 Å². The Labute approximate surface area is 171 Å². The standard InChI is InChI=1S/C20H22ClN5O3/c1-3-10-25-18-16(24(2)17(23-18)14-8-9-15(27)22-14)19(28)26(20(25)29)11-12-4-6-13(21)7-5-12/h4-7,14H,3,8-11H2,1-2H3,(H,22,27). The summed E-state index contributed by atoms with van der Waals surface area (Å²) in [4.78, 5) is 42.7. The third-order valence-electron chi connectivity index (χ3n) is 5.28. The number of nitrogens with one attached hydrogen (secondary N) is 1. The number of halogens is 1. The lowest BCUT2D eigenvalue weighted by Crippen LogP contribution is -2.40. The summed E-state index contributed by atoms with van der Waals surface area (Å²) in [5.74, 6) is 0.560. The molecule has 1 N–H and O–H groups in total. The Kier molecular flexibility index (Phi) is 5.04. The molecule has 0 bridgehead atoms. The number of imidazole rings is 1. The molecule has 0 spiro atoms. The van der Waals surface area contributed by atoms with Gasteiger partial charge < -0.3 is 9.88 Å². The zero-order valence-electron chi connectivity index (χ0n) is 16.3. The minimum absolute atomic E-state index is 0.0341. The zero-order chi connectivity index (χ0) is 20.7. The molecule has 3 aromatic rings. The maximum atomic E-state index is 13.3. The highest BCUT2D eigenvalue weighted by Gasteiger charge is 2.29. The van der Waals surface area contributed by atoms with E-state index >= 15 is 0 Å². The Hall–Kier alpha value is -2.87. The first-order valence-electron chi connectivity index (χ1n) is 9.64. The van der Waals surface area contributed by atoms with Crippen LogP contribution in [-0.4, -0.2) is 24.6 Å². The number of amides is 1. The third-order valence-corrected chi connectivity index (χ3v) is 5.54. The second-order valence-corrected chi connectivity index (χ2v) is 7.75. The van der Waals surface area contributed by atoms with Gasteiger partial charge in [-0.15, -0.1) is 0 Å². The summed E-state index contributed by atoms with van der Waals surface area (Å²) in [5.41, 5.74) is 0.759. The first kappa shape index (κ1) is 19.4. The van der Waals surface area contributed by atoms with Gasteiger partial charge in [0.15, 0.2) is 11.2 Å².